The molecule has 0 aliphatic carbocycles. The van der Waals surface area contributed by atoms with Gasteiger partial charge in [0.05, 0.1) is 0 Å². The minimum absolute atomic E-state index is 0.229. The van der Waals surface area contributed by atoms with Gasteiger partial charge in [-0.2, -0.15) is 5.10 Å². The number of rotatable bonds is 6. The van der Waals surface area contributed by atoms with Gasteiger partial charge < -0.3 is 5.32 Å². The summed E-state index contributed by atoms with van der Waals surface area (Å²) in [4.78, 5) is 4.82. The molecule has 0 unspecified atom stereocenters. The Labute approximate surface area is 109 Å². The van der Waals surface area contributed by atoms with Crippen LogP contribution >= 0.6 is 11.8 Å². The summed E-state index contributed by atoms with van der Waals surface area (Å²) in [6, 6.07) is 5.00. The highest BCUT2D eigenvalue weighted by atomic mass is 32.2. The van der Waals surface area contributed by atoms with Crippen LogP contribution in [-0.4, -0.2) is 21.7 Å². The lowest BCUT2D eigenvalue weighted by Gasteiger charge is -2.06. The van der Waals surface area contributed by atoms with Crippen molar-refractivity contribution in [2.75, 3.05) is 6.54 Å². The fourth-order valence-corrected chi connectivity index (χ4v) is 2.35. The van der Waals surface area contributed by atoms with Gasteiger partial charge in [-0.3, -0.25) is 5.10 Å². The zero-order valence-corrected chi connectivity index (χ0v) is 10.9. The van der Waals surface area contributed by atoms with Gasteiger partial charge in [-0.05, 0) is 36.7 Å². The molecule has 0 aliphatic rings. The first-order valence-corrected chi connectivity index (χ1v) is 6.63. The van der Waals surface area contributed by atoms with E-state index in [9.17, 15) is 4.39 Å². The molecule has 0 amide bonds. The Kier molecular flexibility index (Phi) is 4.72. The maximum absolute atomic E-state index is 13.5. The van der Waals surface area contributed by atoms with Crippen molar-refractivity contribution >= 4 is 11.8 Å². The first kappa shape index (κ1) is 13.0. The smallest absolute Gasteiger partial charge is 0.188 e. The largest absolute Gasteiger partial charge is 0.313 e. The second-order valence-electron chi connectivity index (χ2n) is 3.86. The van der Waals surface area contributed by atoms with Crippen molar-refractivity contribution in [3.8, 4) is 0 Å². The van der Waals surface area contributed by atoms with Crippen molar-refractivity contribution in [2.24, 2.45) is 0 Å². The Balaban J connectivity index is 2.06. The molecule has 2 rings (SSSR count). The zero-order valence-electron chi connectivity index (χ0n) is 10.1. The highest BCUT2D eigenvalue weighted by molar-refractivity contribution is 7.99. The number of H-pyrrole nitrogens is 1. The van der Waals surface area contributed by atoms with Crippen molar-refractivity contribution in [1.29, 1.82) is 0 Å². The van der Waals surface area contributed by atoms with E-state index in [-0.39, 0.29) is 5.82 Å². The third-order valence-corrected chi connectivity index (χ3v) is 3.16. The Morgan fingerprint density at radius 3 is 3.00 bits per heavy atom. The zero-order chi connectivity index (χ0) is 12.8. The van der Waals surface area contributed by atoms with Gasteiger partial charge in [0.1, 0.15) is 12.1 Å². The summed E-state index contributed by atoms with van der Waals surface area (Å²) in [7, 11) is 0. The van der Waals surface area contributed by atoms with Crippen LogP contribution in [0.2, 0.25) is 0 Å². The quantitative estimate of drug-likeness (QED) is 0.789. The lowest BCUT2D eigenvalue weighted by molar-refractivity contribution is 0.615. The number of halogens is 1. The third kappa shape index (κ3) is 3.82. The van der Waals surface area contributed by atoms with Crippen LogP contribution in [-0.2, 0) is 6.54 Å². The molecule has 0 fully saturated rings. The maximum Gasteiger partial charge on any atom is 0.188 e. The Morgan fingerprint density at radius 2 is 2.28 bits per heavy atom. The SMILES string of the molecule is CCCNCc1cc(F)cc(Sc2ncn[nH]2)c1. The summed E-state index contributed by atoms with van der Waals surface area (Å²) in [6.07, 6.45) is 2.50. The molecule has 1 aromatic heterocycles. The maximum atomic E-state index is 13.5. The summed E-state index contributed by atoms with van der Waals surface area (Å²) in [6.45, 7) is 3.71. The highest BCUT2D eigenvalue weighted by Crippen LogP contribution is 2.25. The average Bonchev–Trinajstić information content (AvgIpc) is 2.81. The number of hydrogen-bond acceptors (Lipinski definition) is 4. The fraction of sp³-hybridized carbons (Fsp3) is 0.333. The number of nitrogens with zero attached hydrogens (tertiary/aromatic N) is 2. The molecule has 2 N–H and O–H groups in total. The van der Waals surface area contributed by atoms with Crippen molar-refractivity contribution in [1.82, 2.24) is 20.5 Å². The van der Waals surface area contributed by atoms with Crippen molar-refractivity contribution in [3.05, 3.63) is 35.9 Å². The van der Waals surface area contributed by atoms with Gasteiger partial charge in [-0.15, -0.1) is 0 Å². The van der Waals surface area contributed by atoms with Gasteiger partial charge in [0.2, 0.25) is 0 Å². The van der Waals surface area contributed by atoms with Crippen LogP contribution in [0.15, 0.2) is 34.6 Å². The van der Waals surface area contributed by atoms with Crippen LogP contribution < -0.4 is 5.32 Å². The molecular weight excluding hydrogens is 251 g/mol. The molecule has 0 aliphatic heterocycles. The number of hydrogen-bond donors (Lipinski definition) is 2. The average molecular weight is 266 g/mol. The second kappa shape index (κ2) is 6.51. The summed E-state index contributed by atoms with van der Waals surface area (Å²) < 4.78 is 13.5. The lowest BCUT2D eigenvalue weighted by atomic mass is 10.2. The number of aromatic nitrogens is 3. The normalized spacial score (nSPS) is 10.8. The van der Waals surface area contributed by atoms with E-state index in [0.29, 0.717) is 11.7 Å². The number of nitrogens with one attached hydrogen (secondary N) is 2. The molecule has 0 radical (unpaired) electrons. The van der Waals surface area contributed by atoms with E-state index in [4.69, 9.17) is 0 Å². The molecule has 2 aromatic rings. The van der Waals surface area contributed by atoms with Gasteiger partial charge in [0.25, 0.3) is 0 Å². The molecule has 0 spiro atoms. The summed E-state index contributed by atoms with van der Waals surface area (Å²) in [5, 5.41) is 10.4. The van der Waals surface area contributed by atoms with E-state index in [1.165, 1.54) is 24.2 Å². The number of benzene rings is 1. The van der Waals surface area contributed by atoms with Gasteiger partial charge in [0.15, 0.2) is 5.16 Å². The predicted octanol–water partition coefficient (Wildman–Crippen LogP) is 2.59. The predicted molar refractivity (Wildman–Crippen MR) is 68.9 cm³/mol. The van der Waals surface area contributed by atoms with E-state index in [1.807, 2.05) is 6.07 Å². The minimum atomic E-state index is -0.229. The highest BCUT2D eigenvalue weighted by Gasteiger charge is 2.04. The van der Waals surface area contributed by atoms with E-state index in [1.54, 1.807) is 6.07 Å². The van der Waals surface area contributed by atoms with Gasteiger partial charge in [0, 0.05) is 11.4 Å². The van der Waals surface area contributed by atoms with Crippen molar-refractivity contribution in [3.63, 3.8) is 0 Å². The molecular formula is C12H15FN4S. The second-order valence-corrected chi connectivity index (χ2v) is 4.93. The van der Waals surface area contributed by atoms with Crippen LogP contribution in [0.4, 0.5) is 4.39 Å². The molecule has 4 nitrogen and oxygen atoms in total. The van der Waals surface area contributed by atoms with Crippen LogP contribution in [0.3, 0.4) is 0 Å². The van der Waals surface area contributed by atoms with Crippen LogP contribution in [0.5, 0.6) is 0 Å². The molecule has 1 aromatic carbocycles. The van der Waals surface area contributed by atoms with Gasteiger partial charge >= 0.3 is 0 Å². The monoisotopic (exact) mass is 266 g/mol. The topological polar surface area (TPSA) is 53.6 Å². The lowest BCUT2D eigenvalue weighted by Crippen LogP contribution is -2.13. The molecule has 6 heteroatoms. The standard InChI is InChI=1S/C12H15FN4S/c1-2-3-14-7-9-4-10(13)6-11(5-9)18-12-15-8-16-17-12/h4-6,8,14H,2-3,7H2,1H3,(H,15,16,17). The molecule has 96 valence electrons. The van der Waals surface area contributed by atoms with Gasteiger partial charge in [-0.1, -0.05) is 18.7 Å². The van der Waals surface area contributed by atoms with Crippen LogP contribution in [0, 0.1) is 5.82 Å². The molecule has 0 saturated carbocycles. The molecule has 1 heterocycles. The Bertz CT molecular complexity index is 487. The third-order valence-electron chi connectivity index (χ3n) is 2.29. The Morgan fingerprint density at radius 1 is 1.39 bits per heavy atom. The Hall–Kier alpha value is -1.40. The summed E-state index contributed by atoms with van der Waals surface area (Å²) in [5.41, 5.74) is 0.936. The molecule has 0 saturated heterocycles. The van der Waals surface area contributed by atoms with Crippen LogP contribution in [0.1, 0.15) is 18.9 Å². The van der Waals surface area contributed by atoms with E-state index >= 15 is 0 Å². The summed E-state index contributed by atoms with van der Waals surface area (Å²) in [5.74, 6) is -0.229. The molecule has 0 bridgehead atoms. The van der Waals surface area contributed by atoms with Crippen molar-refractivity contribution in [2.45, 2.75) is 29.9 Å². The van der Waals surface area contributed by atoms with E-state index < -0.39 is 0 Å². The summed E-state index contributed by atoms with van der Waals surface area (Å²) >= 11 is 1.36. The minimum Gasteiger partial charge on any atom is -0.313 e. The molecule has 0 atom stereocenters. The van der Waals surface area contributed by atoms with Gasteiger partial charge in [-0.25, -0.2) is 9.37 Å². The first-order chi connectivity index (χ1) is 8.78. The number of aromatic amines is 1. The van der Waals surface area contributed by atoms with Crippen LogP contribution in [0.25, 0.3) is 0 Å². The van der Waals surface area contributed by atoms with Crippen molar-refractivity contribution < 1.29 is 4.39 Å². The van der Waals surface area contributed by atoms with E-state index in [0.717, 1.165) is 23.4 Å². The fourth-order valence-electron chi connectivity index (χ4n) is 1.55. The van der Waals surface area contributed by atoms with E-state index in [2.05, 4.69) is 27.4 Å². The molecule has 18 heavy (non-hydrogen) atoms. The first-order valence-electron chi connectivity index (χ1n) is 5.81.